The van der Waals surface area contributed by atoms with Crippen LogP contribution in [0.2, 0.25) is 0 Å². The van der Waals surface area contributed by atoms with Crippen LogP contribution in [0, 0.1) is 13.8 Å². The van der Waals surface area contributed by atoms with Crippen LogP contribution in [-0.2, 0) is 9.84 Å². The molecule has 0 spiro atoms. The van der Waals surface area contributed by atoms with Gasteiger partial charge >= 0.3 is 0 Å². The van der Waals surface area contributed by atoms with Gasteiger partial charge in [0.2, 0.25) is 0 Å². The molecular formula is C19H33N3O3S. The third kappa shape index (κ3) is 4.68. The molecule has 2 heterocycles. The van der Waals surface area contributed by atoms with Crippen molar-refractivity contribution in [2.45, 2.75) is 52.6 Å². The molecule has 26 heavy (non-hydrogen) atoms. The van der Waals surface area contributed by atoms with Crippen LogP contribution in [0.25, 0.3) is 0 Å². The Bertz CT molecular complexity index is 750. The molecular weight excluding hydrogens is 350 g/mol. The molecule has 2 rings (SSSR count). The van der Waals surface area contributed by atoms with Crippen LogP contribution >= 0.6 is 0 Å². The number of aryl methyl sites for hydroxylation is 1. The first-order valence-electron chi connectivity index (χ1n) is 9.38. The van der Waals surface area contributed by atoms with Crippen molar-refractivity contribution in [2.24, 2.45) is 0 Å². The molecule has 1 aliphatic heterocycles. The summed E-state index contributed by atoms with van der Waals surface area (Å²) >= 11 is 0. The lowest BCUT2D eigenvalue weighted by atomic mass is 10.1. The zero-order chi connectivity index (χ0) is 19.6. The minimum absolute atomic E-state index is 0.0362. The Balaban J connectivity index is 2.29. The highest BCUT2D eigenvalue weighted by atomic mass is 32.2. The van der Waals surface area contributed by atoms with Gasteiger partial charge in [-0.1, -0.05) is 0 Å². The first-order valence-corrected chi connectivity index (χ1v) is 11.2. The summed E-state index contributed by atoms with van der Waals surface area (Å²) in [6, 6.07) is 2.02. The minimum atomic E-state index is -3.03. The molecule has 1 atom stereocenters. The van der Waals surface area contributed by atoms with Gasteiger partial charge in [0.1, 0.15) is 0 Å². The topological polar surface area (TPSA) is 62.6 Å². The van der Waals surface area contributed by atoms with Crippen LogP contribution in [-0.4, -0.2) is 73.4 Å². The average molecular weight is 384 g/mol. The Morgan fingerprint density at radius 2 is 1.92 bits per heavy atom. The van der Waals surface area contributed by atoms with Crippen molar-refractivity contribution in [3.8, 4) is 0 Å². The molecule has 1 aliphatic rings. The van der Waals surface area contributed by atoms with Gasteiger partial charge in [-0.3, -0.25) is 4.79 Å². The van der Waals surface area contributed by atoms with E-state index >= 15 is 0 Å². The zero-order valence-electron chi connectivity index (χ0n) is 16.9. The second-order valence-electron chi connectivity index (χ2n) is 7.96. The van der Waals surface area contributed by atoms with Gasteiger partial charge in [0.05, 0.1) is 17.1 Å². The molecule has 0 bridgehead atoms. The standard InChI is InChI=1S/C19H33N3O3S/c1-14(2)22-15(3)12-18(16(22)4)19(23)21(10-7-9-20(5)6)17-8-11-26(24,25)13-17/h12,14,17H,7-11,13H2,1-6H3. The average Bonchev–Trinajstić information content (AvgIpc) is 3.01. The van der Waals surface area contributed by atoms with Crippen LogP contribution in [0.3, 0.4) is 0 Å². The van der Waals surface area contributed by atoms with Crippen molar-refractivity contribution < 1.29 is 13.2 Å². The normalized spacial score (nSPS) is 19.5. The van der Waals surface area contributed by atoms with Crippen LogP contribution in [0.4, 0.5) is 0 Å². The summed E-state index contributed by atoms with van der Waals surface area (Å²) in [4.78, 5) is 17.2. The van der Waals surface area contributed by atoms with Crippen molar-refractivity contribution >= 4 is 15.7 Å². The fourth-order valence-electron chi connectivity index (χ4n) is 3.97. The van der Waals surface area contributed by atoms with Gasteiger partial charge in [-0.25, -0.2) is 8.42 Å². The lowest BCUT2D eigenvalue weighted by Gasteiger charge is -2.29. The summed E-state index contributed by atoms with van der Waals surface area (Å²) in [5.41, 5.74) is 2.72. The smallest absolute Gasteiger partial charge is 0.255 e. The van der Waals surface area contributed by atoms with Crippen LogP contribution in [0.5, 0.6) is 0 Å². The van der Waals surface area contributed by atoms with Crippen molar-refractivity contribution in [1.29, 1.82) is 0 Å². The van der Waals surface area contributed by atoms with E-state index in [2.05, 4.69) is 23.3 Å². The highest BCUT2D eigenvalue weighted by Gasteiger charge is 2.35. The number of hydrogen-bond acceptors (Lipinski definition) is 4. The van der Waals surface area contributed by atoms with E-state index in [4.69, 9.17) is 0 Å². The van der Waals surface area contributed by atoms with Crippen LogP contribution in [0.1, 0.15) is 54.5 Å². The van der Waals surface area contributed by atoms with E-state index in [1.807, 2.05) is 34.0 Å². The number of aromatic nitrogens is 1. The monoisotopic (exact) mass is 383 g/mol. The number of sulfone groups is 1. The second kappa shape index (κ2) is 8.13. The molecule has 1 fully saturated rings. The highest BCUT2D eigenvalue weighted by Crippen LogP contribution is 2.25. The summed E-state index contributed by atoms with van der Waals surface area (Å²) < 4.78 is 26.1. The van der Waals surface area contributed by atoms with Crippen LogP contribution < -0.4 is 0 Å². The lowest BCUT2D eigenvalue weighted by molar-refractivity contribution is 0.0689. The molecule has 1 amide bonds. The van der Waals surface area contributed by atoms with E-state index in [0.29, 0.717) is 18.5 Å². The summed E-state index contributed by atoms with van der Waals surface area (Å²) in [6.07, 6.45) is 1.37. The fraction of sp³-hybridized carbons (Fsp3) is 0.737. The number of nitrogens with zero attached hydrogens (tertiary/aromatic N) is 3. The van der Waals surface area contributed by atoms with Crippen molar-refractivity contribution in [2.75, 3.05) is 38.7 Å². The Morgan fingerprint density at radius 3 is 2.38 bits per heavy atom. The molecule has 0 aromatic carbocycles. The van der Waals surface area contributed by atoms with E-state index in [9.17, 15) is 13.2 Å². The largest absolute Gasteiger partial charge is 0.346 e. The fourth-order valence-corrected chi connectivity index (χ4v) is 5.70. The zero-order valence-corrected chi connectivity index (χ0v) is 17.8. The maximum atomic E-state index is 13.3. The quantitative estimate of drug-likeness (QED) is 0.725. The van der Waals surface area contributed by atoms with Crippen molar-refractivity contribution in [3.05, 3.63) is 23.0 Å². The van der Waals surface area contributed by atoms with Crippen LogP contribution in [0.15, 0.2) is 6.07 Å². The Morgan fingerprint density at radius 1 is 1.27 bits per heavy atom. The van der Waals surface area contributed by atoms with E-state index in [0.717, 1.165) is 24.4 Å². The molecule has 1 unspecified atom stereocenters. The number of carbonyl (C=O) groups is 1. The van der Waals surface area contributed by atoms with Gasteiger partial charge in [-0.05, 0) is 67.2 Å². The van der Waals surface area contributed by atoms with Gasteiger partial charge in [-0.15, -0.1) is 0 Å². The molecule has 148 valence electrons. The first kappa shape index (κ1) is 21.0. The summed E-state index contributed by atoms with van der Waals surface area (Å²) in [5, 5.41) is 0. The molecule has 1 aromatic rings. The molecule has 1 aromatic heterocycles. The van der Waals surface area contributed by atoms with Crippen molar-refractivity contribution in [3.63, 3.8) is 0 Å². The number of rotatable bonds is 7. The Hall–Kier alpha value is -1.34. The molecule has 0 radical (unpaired) electrons. The second-order valence-corrected chi connectivity index (χ2v) is 10.2. The maximum Gasteiger partial charge on any atom is 0.255 e. The molecule has 0 saturated carbocycles. The lowest BCUT2D eigenvalue weighted by Crippen LogP contribution is -2.42. The minimum Gasteiger partial charge on any atom is -0.346 e. The number of amides is 1. The van der Waals surface area contributed by atoms with Gasteiger partial charge in [-0.2, -0.15) is 0 Å². The highest BCUT2D eigenvalue weighted by molar-refractivity contribution is 7.91. The van der Waals surface area contributed by atoms with E-state index in [1.54, 1.807) is 4.90 Å². The summed E-state index contributed by atoms with van der Waals surface area (Å²) in [7, 11) is 0.971. The predicted molar refractivity (Wildman–Crippen MR) is 106 cm³/mol. The van der Waals surface area contributed by atoms with Gasteiger partial charge in [0.15, 0.2) is 9.84 Å². The van der Waals surface area contributed by atoms with Gasteiger partial charge < -0.3 is 14.4 Å². The molecule has 6 nitrogen and oxygen atoms in total. The SMILES string of the molecule is Cc1cc(C(=O)N(CCCN(C)C)C2CCS(=O)(=O)C2)c(C)n1C(C)C. The molecule has 0 aliphatic carbocycles. The molecule has 1 saturated heterocycles. The Labute approximate surface area is 158 Å². The number of hydrogen-bond donors (Lipinski definition) is 0. The summed E-state index contributed by atoms with van der Waals surface area (Å²) in [5.74, 6) is 0.231. The van der Waals surface area contributed by atoms with E-state index in [-0.39, 0.29) is 29.5 Å². The van der Waals surface area contributed by atoms with Gasteiger partial charge in [0, 0.05) is 30.0 Å². The van der Waals surface area contributed by atoms with Gasteiger partial charge in [0.25, 0.3) is 5.91 Å². The van der Waals surface area contributed by atoms with E-state index in [1.165, 1.54) is 0 Å². The molecule has 0 N–H and O–H groups in total. The third-order valence-corrected chi connectivity index (χ3v) is 6.90. The van der Waals surface area contributed by atoms with E-state index < -0.39 is 9.84 Å². The van der Waals surface area contributed by atoms with Crippen molar-refractivity contribution in [1.82, 2.24) is 14.4 Å². The maximum absolute atomic E-state index is 13.3. The summed E-state index contributed by atoms with van der Waals surface area (Å²) in [6.45, 7) is 9.65. The first-order chi connectivity index (χ1) is 12.0. The molecule has 7 heteroatoms. The number of carbonyl (C=O) groups excluding carboxylic acids is 1. The Kier molecular flexibility index (Phi) is 6.55. The predicted octanol–water partition coefficient (Wildman–Crippen LogP) is 2.27. The third-order valence-electron chi connectivity index (χ3n) is 5.15.